The summed E-state index contributed by atoms with van der Waals surface area (Å²) >= 11 is 1.26. The van der Waals surface area contributed by atoms with Crippen LogP contribution in [0, 0.1) is 11.8 Å². The van der Waals surface area contributed by atoms with Gasteiger partial charge in [-0.25, -0.2) is 19.3 Å². The second kappa shape index (κ2) is 12.5. The monoisotopic (exact) mass is 591 g/mol. The van der Waals surface area contributed by atoms with Crippen molar-refractivity contribution in [1.82, 2.24) is 30.5 Å². The number of nitrogens with zero attached hydrogens (tertiary/aromatic N) is 4. The van der Waals surface area contributed by atoms with Crippen molar-refractivity contribution in [2.75, 3.05) is 38.0 Å². The predicted octanol–water partition coefficient (Wildman–Crippen LogP) is 4.58. The van der Waals surface area contributed by atoms with Gasteiger partial charge in [0.1, 0.15) is 11.9 Å². The van der Waals surface area contributed by atoms with Crippen LogP contribution in [0.25, 0.3) is 31.8 Å². The Morgan fingerprint density at radius 2 is 1.98 bits per heavy atom. The van der Waals surface area contributed by atoms with Crippen molar-refractivity contribution in [3.63, 3.8) is 0 Å². The van der Waals surface area contributed by atoms with Crippen molar-refractivity contribution in [3.8, 4) is 21.7 Å². The van der Waals surface area contributed by atoms with Gasteiger partial charge in [0.25, 0.3) is 0 Å². The van der Waals surface area contributed by atoms with Crippen LogP contribution in [0.5, 0.6) is 0 Å². The highest BCUT2D eigenvalue weighted by Gasteiger charge is 2.26. The molecule has 0 saturated carbocycles. The minimum absolute atomic E-state index is 0.0595. The summed E-state index contributed by atoms with van der Waals surface area (Å²) in [6.45, 7) is 2.23. The molecule has 3 aromatic heterocycles. The molecule has 1 fully saturated rings. The largest absolute Gasteiger partial charge is 0.390 e. The van der Waals surface area contributed by atoms with E-state index in [0.29, 0.717) is 34.7 Å². The molecule has 14 heteroatoms. The highest BCUT2D eigenvalue weighted by molar-refractivity contribution is 7.22. The quantitative estimate of drug-likeness (QED) is 0.101. The molecule has 0 spiro atoms. The first-order valence-corrected chi connectivity index (χ1v) is 13.7. The van der Waals surface area contributed by atoms with E-state index in [4.69, 9.17) is 0 Å². The summed E-state index contributed by atoms with van der Waals surface area (Å²) in [4.78, 5) is 25.8. The van der Waals surface area contributed by atoms with Gasteiger partial charge >= 0.3 is 6.18 Å². The van der Waals surface area contributed by atoms with E-state index < -0.39 is 24.4 Å². The minimum atomic E-state index is -4.29. The Labute approximate surface area is 236 Å². The van der Waals surface area contributed by atoms with Gasteiger partial charge < -0.3 is 15.4 Å². The Hall–Kier alpha value is -3.59. The lowest BCUT2D eigenvalue weighted by Crippen LogP contribution is -2.39. The molecule has 216 valence electrons. The van der Waals surface area contributed by atoms with Crippen molar-refractivity contribution < 1.29 is 26.7 Å². The number of pyridine rings is 1. The van der Waals surface area contributed by atoms with Crippen molar-refractivity contribution in [3.05, 3.63) is 60.1 Å². The highest BCUT2D eigenvalue weighted by atomic mass is 32.1. The van der Waals surface area contributed by atoms with Crippen molar-refractivity contribution in [2.45, 2.75) is 25.3 Å². The zero-order valence-corrected chi connectivity index (χ0v) is 22.5. The predicted molar refractivity (Wildman–Crippen MR) is 146 cm³/mol. The molecule has 0 radical (unpaired) electrons. The third-order valence-corrected chi connectivity index (χ3v) is 7.81. The van der Waals surface area contributed by atoms with Gasteiger partial charge in [-0.1, -0.05) is 18.2 Å². The second-order valence-corrected chi connectivity index (χ2v) is 10.5. The zero-order chi connectivity index (χ0) is 29.0. The maximum Gasteiger partial charge on any atom is 0.390 e. The molecule has 1 aliphatic heterocycles. The topological polar surface area (TPSA) is 95.1 Å². The summed E-state index contributed by atoms with van der Waals surface area (Å²) in [5.41, 5.74) is 1.75. The summed E-state index contributed by atoms with van der Waals surface area (Å²) in [6.07, 6.45) is -2.37. The third-order valence-electron chi connectivity index (χ3n) is 6.62. The molecule has 1 saturated heterocycles. The fourth-order valence-electron chi connectivity index (χ4n) is 4.64. The molecule has 4 aromatic rings. The van der Waals surface area contributed by atoms with Crippen LogP contribution in [0.1, 0.15) is 12.0 Å². The lowest BCUT2D eigenvalue weighted by atomic mass is 10.00. The smallest absolute Gasteiger partial charge is 0.353 e. The Morgan fingerprint density at radius 1 is 1.12 bits per heavy atom. The number of hydrogen-bond acceptors (Lipinski definition) is 9. The molecule has 1 unspecified atom stereocenters. The summed E-state index contributed by atoms with van der Waals surface area (Å²) in [6, 6.07) is 8.41. The molecule has 1 aliphatic rings. The van der Waals surface area contributed by atoms with Gasteiger partial charge in [-0.05, 0) is 22.6 Å². The van der Waals surface area contributed by atoms with Crippen LogP contribution in [0.3, 0.4) is 0 Å². The maximum absolute atomic E-state index is 14.9. The standard InChI is InChI=1S/C27H26F5N7OS/c28-20-14-37-26(35-7-9-39-8-6-34-23(39)15-40)38-24(20)21-10-16-2-1-3-18(25(16)41-21)19-11-22(29)36-13-17(19)12-33-5-4-27(30,31)32/h1-3,10-11,13-15,23,33-34H,4-9,12H2,(H,35,37,38). The van der Waals surface area contributed by atoms with Crippen LogP contribution in [0.4, 0.5) is 27.9 Å². The lowest BCUT2D eigenvalue weighted by molar-refractivity contribution is -0.133. The molecular weight excluding hydrogens is 565 g/mol. The lowest BCUT2D eigenvalue weighted by Gasteiger charge is -2.19. The Bertz CT molecular complexity index is 1530. The Morgan fingerprint density at radius 3 is 2.78 bits per heavy atom. The number of carbonyl (C=O) groups excluding carboxylic acids is 1. The molecule has 0 aliphatic carbocycles. The van der Waals surface area contributed by atoms with Crippen molar-refractivity contribution in [2.24, 2.45) is 0 Å². The molecule has 41 heavy (non-hydrogen) atoms. The summed E-state index contributed by atoms with van der Waals surface area (Å²) in [7, 11) is 0. The van der Waals surface area contributed by atoms with Crippen LogP contribution < -0.4 is 16.0 Å². The number of fused-ring (bicyclic) bond motifs is 1. The van der Waals surface area contributed by atoms with Crippen LogP contribution in [-0.2, 0) is 11.3 Å². The average Bonchev–Trinajstić information content (AvgIpc) is 3.59. The van der Waals surface area contributed by atoms with Gasteiger partial charge in [0.05, 0.1) is 17.5 Å². The van der Waals surface area contributed by atoms with Crippen LogP contribution in [0.2, 0.25) is 0 Å². The summed E-state index contributed by atoms with van der Waals surface area (Å²) < 4.78 is 67.5. The number of hydrogen-bond donors (Lipinski definition) is 3. The summed E-state index contributed by atoms with van der Waals surface area (Å²) in [5.74, 6) is -1.11. The number of halogens is 5. The van der Waals surface area contributed by atoms with Gasteiger partial charge in [0, 0.05) is 61.8 Å². The number of rotatable bonds is 11. The van der Waals surface area contributed by atoms with Crippen LogP contribution in [-0.4, -0.2) is 71.2 Å². The van der Waals surface area contributed by atoms with E-state index in [9.17, 15) is 26.7 Å². The van der Waals surface area contributed by atoms with E-state index in [0.717, 1.165) is 35.7 Å². The van der Waals surface area contributed by atoms with Crippen molar-refractivity contribution in [1.29, 1.82) is 0 Å². The number of nitrogens with one attached hydrogen (secondary N) is 3. The first-order valence-electron chi connectivity index (χ1n) is 12.9. The number of thiophene rings is 1. The molecule has 4 heterocycles. The van der Waals surface area contributed by atoms with Crippen LogP contribution in [0.15, 0.2) is 42.7 Å². The zero-order valence-electron chi connectivity index (χ0n) is 21.6. The molecule has 8 nitrogen and oxygen atoms in total. The number of anilines is 1. The first kappa shape index (κ1) is 28.9. The van der Waals surface area contributed by atoms with Gasteiger partial charge in [0.15, 0.2) is 12.1 Å². The number of aromatic nitrogens is 3. The molecule has 0 bridgehead atoms. The molecular formula is C27H26F5N7OS. The van der Waals surface area contributed by atoms with Gasteiger partial charge in [0.2, 0.25) is 11.9 Å². The first-order chi connectivity index (χ1) is 19.7. The number of alkyl halides is 3. The molecule has 1 atom stereocenters. The normalized spacial score (nSPS) is 16.0. The fourth-order valence-corrected chi connectivity index (χ4v) is 5.82. The van der Waals surface area contributed by atoms with Gasteiger partial charge in [-0.3, -0.25) is 10.2 Å². The Kier molecular flexibility index (Phi) is 8.82. The maximum atomic E-state index is 14.9. The van der Waals surface area contributed by atoms with Crippen LogP contribution >= 0.6 is 11.3 Å². The van der Waals surface area contributed by atoms with E-state index in [2.05, 4.69) is 30.9 Å². The number of carbonyl (C=O) groups is 1. The molecule has 5 rings (SSSR count). The molecule has 0 amide bonds. The van der Waals surface area contributed by atoms with Crippen molar-refractivity contribution >= 4 is 33.7 Å². The molecule has 3 N–H and O–H groups in total. The SMILES string of the molecule is O=CC1NCCN1CCNc1ncc(F)c(-c2cc3cccc(-c4cc(F)ncc4CNCCC(F)(F)F)c3s2)n1. The van der Waals surface area contributed by atoms with E-state index in [1.165, 1.54) is 23.6 Å². The minimum Gasteiger partial charge on any atom is -0.353 e. The fraction of sp³-hybridized carbons (Fsp3) is 0.333. The van der Waals surface area contributed by atoms with Gasteiger partial charge in [-0.2, -0.15) is 17.6 Å². The number of benzene rings is 1. The second-order valence-electron chi connectivity index (χ2n) is 9.43. The Balaban J connectivity index is 1.38. The van der Waals surface area contributed by atoms with E-state index >= 15 is 0 Å². The highest BCUT2D eigenvalue weighted by Crippen LogP contribution is 2.40. The van der Waals surface area contributed by atoms with E-state index in [1.807, 2.05) is 11.0 Å². The third kappa shape index (κ3) is 7.01. The molecule has 1 aromatic carbocycles. The average molecular weight is 592 g/mol. The number of aldehydes is 1. The van der Waals surface area contributed by atoms with E-state index in [1.54, 1.807) is 18.2 Å². The van der Waals surface area contributed by atoms with Gasteiger partial charge in [-0.15, -0.1) is 11.3 Å². The summed E-state index contributed by atoms with van der Waals surface area (Å²) in [5, 5.41) is 9.67. The van der Waals surface area contributed by atoms with E-state index in [-0.39, 0.29) is 30.9 Å².